The number of fused-ring (bicyclic) bond motifs is 1. The predicted octanol–water partition coefficient (Wildman–Crippen LogP) is 6.79. The molecule has 7 heteroatoms. The molecule has 1 saturated heterocycles. The summed E-state index contributed by atoms with van der Waals surface area (Å²) < 4.78 is 39.4. The predicted molar refractivity (Wildman–Crippen MR) is 131 cm³/mol. The average molecular weight is 487 g/mol. The Bertz CT molecular complexity index is 1540. The molecular formula is C29H20F3NO3. The molecule has 1 atom stereocenters. The van der Waals surface area contributed by atoms with Gasteiger partial charge in [-0.15, -0.1) is 0 Å². The summed E-state index contributed by atoms with van der Waals surface area (Å²) in [5.74, 6) is -2.18. The van der Waals surface area contributed by atoms with Crippen LogP contribution < -0.4 is 4.90 Å². The van der Waals surface area contributed by atoms with E-state index in [0.717, 1.165) is 45.5 Å². The maximum atomic E-state index is 13.3. The van der Waals surface area contributed by atoms with E-state index in [9.17, 15) is 27.9 Å². The second-order valence-electron chi connectivity index (χ2n) is 8.63. The first-order valence-electron chi connectivity index (χ1n) is 11.2. The molecule has 0 aliphatic carbocycles. The zero-order valence-electron chi connectivity index (χ0n) is 19.1. The van der Waals surface area contributed by atoms with Crippen molar-refractivity contribution >= 4 is 33.9 Å². The summed E-state index contributed by atoms with van der Waals surface area (Å²) in [5.41, 5.74) is 0.828. The largest absolute Gasteiger partial charge is 0.507 e. The van der Waals surface area contributed by atoms with Gasteiger partial charge in [-0.2, -0.15) is 13.2 Å². The molecule has 0 saturated carbocycles. The number of hydrogen-bond donors (Lipinski definition) is 1. The number of Topliss-reactive ketones (excluding diaryl/α,β-unsaturated/α-hetero) is 1. The third-order valence-corrected chi connectivity index (χ3v) is 6.42. The van der Waals surface area contributed by atoms with Gasteiger partial charge >= 0.3 is 6.18 Å². The molecule has 0 aromatic heterocycles. The smallest absolute Gasteiger partial charge is 0.416 e. The molecular weight excluding hydrogens is 467 g/mol. The van der Waals surface area contributed by atoms with Crippen molar-refractivity contribution in [2.45, 2.75) is 19.1 Å². The van der Waals surface area contributed by atoms with Gasteiger partial charge in [-0.3, -0.25) is 14.5 Å². The standard InChI is InChI=1S/C29H20F3NO3/c1-17-6-2-5-9-23(17)25-24(26(34)20-11-10-18-7-3-4-8-19(18)16-20)27(35)28(36)33(25)22-14-12-21(13-15-22)29(30,31)32/h2-16,25,34H,1H3/b26-24+. The Morgan fingerprint density at radius 2 is 1.47 bits per heavy atom. The van der Waals surface area contributed by atoms with Gasteiger partial charge in [-0.25, -0.2) is 0 Å². The van der Waals surface area contributed by atoms with Crippen molar-refractivity contribution in [2.24, 2.45) is 0 Å². The number of ketones is 1. The van der Waals surface area contributed by atoms with E-state index in [2.05, 4.69) is 0 Å². The van der Waals surface area contributed by atoms with Crippen LogP contribution in [-0.4, -0.2) is 16.8 Å². The van der Waals surface area contributed by atoms with Gasteiger partial charge in [0.05, 0.1) is 17.2 Å². The fourth-order valence-electron chi connectivity index (χ4n) is 4.59. The minimum atomic E-state index is -4.54. The van der Waals surface area contributed by atoms with Crippen LogP contribution in [0.4, 0.5) is 18.9 Å². The summed E-state index contributed by atoms with van der Waals surface area (Å²) in [6.07, 6.45) is -4.54. The normalized spacial score (nSPS) is 17.7. The third kappa shape index (κ3) is 3.92. The molecule has 1 aliphatic rings. The Morgan fingerprint density at radius 3 is 2.14 bits per heavy atom. The molecule has 1 fully saturated rings. The molecule has 0 spiro atoms. The number of halogens is 3. The number of nitrogens with zero attached hydrogens (tertiary/aromatic N) is 1. The molecule has 1 amide bonds. The zero-order chi connectivity index (χ0) is 25.6. The van der Waals surface area contributed by atoms with E-state index >= 15 is 0 Å². The van der Waals surface area contributed by atoms with E-state index in [-0.39, 0.29) is 17.0 Å². The first-order valence-corrected chi connectivity index (χ1v) is 11.2. The highest BCUT2D eigenvalue weighted by molar-refractivity contribution is 6.51. The molecule has 4 aromatic carbocycles. The molecule has 180 valence electrons. The second-order valence-corrected chi connectivity index (χ2v) is 8.63. The maximum Gasteiger partial charge on any atom is 0.416 e. The summed E-state index contributed by atoms with van der Waals surface area (Å²) in [6, 6.07) is 22.8. The number of aliphatic hydroxyl groups excluding tert-OH is 1. The maximum absolute atomic E-state index is 13.3. The van der Waals surface area contributed by atoms with Crippen LogP contribution in [-0.2, 0) is 15.8 Å². The fourth-order valence-corrected chi connectivity index (χ4v) is 4.59. The lowest BCUT2D eigenvalue weighted by atomic mass is 9.92. The molecule has 1 N–H and O–H groups in total. The number of hydrogen-bond acceptors (Lipinski definition) is 3. The number of alkyl halides is 3. The Hall–Kier alpha value is -4.39. The van der Waals surface area contributed by atoms with E-state index in [4.69, 9.17) is 0 Å². The van der Waals surface area contributed by atoms with Gasteiger partial charge in [0.2, 0.25) is 0 Å². The Morgan fingerprint density at radius 1 is 0.833 bits per heavy atom. The number of amides is 1. The molecule has 4 nitrogen and oxygen atoms in total. The lowest BCUT2D eigenvalue weighted by Crippen LogP contribution is -2.29. The van der Waals surface area contributed by atoms with Crippen LogP contribution in [0.3, 0.4) is 0 Å². The second kappa shape index (κ2) is 8.68. The fraction of sp³-hybridized carbons (Fsp3) is 0.103. The SMILES string of the molecule is Cc1ccccc1C1/C(=C(\O)c2ccc3ccccc3c2)C(=O)C(=O)N1c1ccc(C(F)(F)F)cc1. The average Bonchev–Trinajstić information content (AvgIpc) is 3.13. The van der Waals surface area contributed by atoms with Crippen molar-refractivity contribution in [3.63, 3.8) is 0 Å². The minimum Gasteiger partial charge on any atom is -0.507 e. The van der Waals surface area contributed by atoms with E-state index in [1.807, 2.05) is 24.3 Å². The molecule has 0 bridgehead atoms. The van der Waals surface area contributed by atoms with Gasteiger partial charge in [0.25, 0.3) is 11.7 Å². The monoisotopic (exact) mass is 487 g/mol. The van der Waals surface area contributed by atoms with Gasteiger partial charge in [0.15, 0.2) is 0 Å². The zero-order valence-corrected chi connectivity index (χ0v) is 19.1. The number of aliphatic hydroxyl groups is 1. The van der Waals surface area contributed by atoms with E-state index < -0.39 is 29.5 Å². The quantitative estimate of drug-likeness (QED) is 0.197. The van der Waals surface area contributed by atoms with Crippen LogP contribution in [0.15, 0.2) is 96.6 Å². The number of rotatable bonds is 3. The highest BCUT2D eigenvalue weighted by Gasteiger charge is 2.47. The highest BCUT2D eigenvalue weighted by atomic mass is 19.4. The first-order chi connectivity index (χ1) is 17.2. The molecule has 1 unspecified atom stereocenters. The minimum absolute atomic E-state index is 0.121. The van der Waals surface area contributed by atoms with Gasteiger partial charge in [-0.1, -0.05) is 60.7 Å². The van der Waals surface area contributed by atoms with Crippen molar-refractivity contribution in [1.82, 2.24) is 0 Å². The number of carbonyl (C=O) groups is 2. The van der Waals surface area contributed by atoms with E-state index in [1.165, 1.54) is 0 Å². The van der Waals surface area contributed by atoms with E-state index in [1.54, 1.807) is 49.4 Å². The summed E-state index contributed by atoms with van der Waals surface area (Å²) >= 11 is 0. The summed E-state index contributed by atoms with van der Waals surface area (Å²) in [4.78, 5) is 27.7. The highest BCUT2D eigenvalue weighted by Crippen LogP contribution is 2.43. The Labute approximate surface area is 204 Å². The summed E-state index contributed by atoms with van der Waals surface area (Å²) in [7, 11) is 0. The van der Waals surface area contributed by atoms with Crippen LogP contribution >= 0.6 is 0 Å². The molecule has 1 aliphatic heterocycles. The number of aryl methyl sites for hydroxylation is 1. The van der Waals surface area contributed by atoms with Gasteiger partial charge in [-0.05, 0) is 59.2 Å². The van der Waals surface area contributed by atoms with E-state index in [0.29, 0.717) is 11.1 Å². The van der Waals surface area contributed by atoms with Crippen LogP contribution in [0, 0.1) is 6.92 Å². The van der Waals surface area contributed by atoms with Gasteiger partial charge in [0, 0.05) is 11.3 Å². The van der Waals surface area contributed by atoms with Gasteiger partial charge < -0.3 is 5.11 Å². The number of anilines is 1. The first kappa shape index (κ1) is 23.4. The molecule has 4 aromatic rings. The Kier molecular flexibility index (Phi) is 5.63. The van der Waals surface area contributed by atoms with Crippen molar-refractivity contribution < 1.29 is 27.9 Å². The Balaban J connectivity index is 1.71. The molecule has 1 heterocycles. The van der Waals surface area contributed by atoms with Crippen molar-refractivity contribution in [3.8, 4) is 0 Å². The summed E-state index contributed by atoms with van der Waals surface area (Å²) in [5, 5.41) is 13.1. The van der Waals surface area contributed by atoms with Gasteiger partial charge in [0.1, 0.15) is 5.76 Å². The number of carbonyl (C=O) groups excluding carboxylic acids is 2. The van der Waals surface area contributed by atoms with Crippen LogP contribution in [0.5, 0.6) is 0 Å². The van der Waals surface area contributed by atoms with Crippen LogP contribution in [0.2, 0.25) is 0 Å². The third-order valence-electron chi connectivity index (χ3n) is 6.42. The summed E-state index contributed by atoms with van der Waals surface area (Å²) in [6.45, 7) is 1.80. The van der Waals surface area contributed by atoms with Crippen molar-refractivity contribution in [2.75, 3.05) is 4.90 Å². The van der Waals surface area contributed by atoms with Crippen LogP contribution in [0.1, 0.15) is 28.3 Å². The molecule has 0 radical (unpaired) electrons. The molecule has 5 rings (SSSR count). The van der Waals surface area contributed by atoms with Crippen LogP contribution in [0.25, 0.3) is 16.5 Å². The lowest BCUT2D eigenvalue weighted by Gasteiger charge is -2.27. The lowest BCUT2D eigenvalue weighted by molar-refractivity contribution is -0.137. The topological polar surface area (TPSA) is 57.6 Å². The number of benzene rings is 4. The van der Waals surface area contributed by atoms with Crippen molar-refractivity contribution in [3.05, 3.63) is 119 Å². The molecule has 36 heavy (non-hydrogen) atoms. The van der Waals surface area contributed by atoms with Crippen molar-refractivity contribution in [1.29, 1.82) is 0 Å².